The van der Waals surface area contributed by atoms with Crippen LogP contribution in [-0.4, -0.2) is 34.1 Å². The molecule has 0 radical (unpaired) electrons. The third-order valence-electron chi connectivity index (χ3n) is 3.99. The molecule has 0 aliphatic rings. The molecule has 1 aromatic carbocycles. The number of carbonyl (C=O) groups is 2. The van der Waals surface area contributed by atoms with Crippen LogP contribution in [0.2, 0.25) is 0 Å². The molecule has 8 heteroatoms. The van der Waals surface area contributed by atoms with Gasteiger partial charge in [0.1, 0.15) is 17.7 Å². The first kappa shape index (κ1) is 21.5. The molecule has 0 unspecified atom stereocenters. The summed E-state index contributed by atoms with van der Waals surface area (Å²) in [5, 5.41) is 12.3. The van der Waals surface area contributed by atoms with E-state index in [2.05, 4.69) is 11.4 Å². The van der Waals surface area contributed by atoms with Crippen molar-refractivity contribution in [2.75, 3.05) is 16.8 Å². The molecule has 0 aliphatic heterocycles. The van der Waals surface area contributed by atoms with E-state index in [1.165, 1.54) is 12.1 Å². The van der Waals surface area contributed by atoms with Gasteiger partial charge in [0.15, 0.2) is 0 Å². The van der Waals surface area contributed by atoms with Crippen LogP contribution in [-0.2, 0) is 14.3 Å². The molecule has 6 nitrogen and oxygen atoms in total. The lowest BCUT2D eigenvalue weighted by molar-refractivity contribution is -0.144. The Morgan fingerprint density at radius 3 is 2.46 bits per heavy atom. The molecule has 0 saturated carbocycles. The van der Waals surface area contributed by atoms with Gasteiger partial charge < -0.3 is 10.1 Å². The van der Waals surface area contributed by atoms with Crippen LogP contribution in [0.3, 0.4) is 0 Å². The largest absolute Gasteiger partial charge is 0.462 e. The highest BCUT2D eigenvalue weighted by molar-refractivity contribution is 8.00. The molecule has 1 amide bonds. The summed E-state index contributed by atoms with van der Waals surface area (Å²) in [5.74, 6) is -0.675. The Balaban J connectivity index is 2.19. The average Bonchev–Trinajstić information content (AvgIpc) is 2.85. The van der Waals surface area contributed by atoms with Crippen molar-refractivity contribution in [3.05, 3.63) is 46.9 Å². The van der Waals surface area contributed by atoms with Gasteiger partial charge in [-0.15, -0.1) is 11.8 Å². The number of hydrogen-bond acceptors (Lipinski definition) is 5. The van der Waals surface area contributed by atoms with E-state index in [1.54, 1.807) is 37.5 Å². The fourth-order valence-electron chi connectivity index (χ4n) is 2.67. The number of nitrogens with zero attached hydrogens (tertiary/aromatic N) is 2. The minimum absolute atomic E-state index is 0.0325. The van der Waals surface area contributed by atoms with Gasteiger partial charge in [-0.2, -0.15) is 5.26 Å². The van der Waals surface area contributed by atoms with Gasteiger partial charge in [0.05, 0.1) is 23.2 Å². The van der Waals surface area contributed by atoms with E-state index in [4.69, 9.17) is 4.74 Å². The molecule has 0 bridgehead atoms. The van der Waals surface area contributed by atoms with Gasteiger partial charge in [-0.05, 0) is 57.5 Å². The number of rotatable bonds is 7. The second kappa shape index (κ2) is 9.42. The molecule has 0 spiro atoms. The first-order valence-electron chi connectivity index (χ1n) is 8.69. The highest BCUT2D eigenvalue weighted by atomic mass is 32.2. The number of ether oxygens (including phenoxy) is 1. The molecular weight excluding hydrogens is 381 g/mol. The van der Waals surface area contributed by atoms with E-state index in [0.717, 1.165) is 23.0 Å². The summed E-state index contributed by atoms with van der Waals surface area (Å²) < 4.78 is 20.0. The Hall–Kier alpha value is -2.79. The quantitative estimate of drug-likeness (QED) is 0.712. The van der Waals surface area contributed by atoms with Crippen LogP contribution >= 0.6 is 11.8 Å². The Morgan fingerprint density at radius 2 is 1.89 bits per heavy atom. The molecule has 1 N–H and O–H groups in total. The van der Waals surface area contributed by atoms with Gasteiger partial charge >= 0.3 is 5.97 Å². The maximum atomic E-state index is 13.3. The maximum absolute atomic E-state index is 13.3. The zero-order valence-electron chi connectivity index (χ0n) is 16.2. The van der Waals surface area contributed by atoms with Crippen LogP contribution in [0.25, 0.3) is 5.69 Å². The number of carbonyl (C=O) groups excluding carboxylic acids is 2. The van der Waals surface area contributed by atoms with Gasteiger partial charge in [-0.1, -0.05) is 0 Å². The number of benzene rings is 1. The monoisotopic (exact) mass is 403 g/mol. The van der Waals surface area contributed by atoms with Crippen molar-refractivity contribution in [1.29, 1.82) is 5.26 Å². The Bertz CT molecular complexity index is 914. The number of thioether (sulfide) groups is 1. The molecule has 2 aromatic rings. The first-order valence-corrected chi connectivity index (χ1v) is 9.85. The summed E-state index contributed by atoms with van der Waals surface area (Å²) >= 11 is 1.13. The summed E-state index contributed by atoms with van der Waals surface area (Å²) in [7, 11) is 0. The van der Waals surface area contributed by atoms with Crippen LogP contribution < -0.4 is 5.32 Å². The zero-order chi connectivity index (χ0) is 20.8. The third-order valence-corrected chi connectivity index (χ3v) is 4.89. The predicted octanol–water partition coefficient (Wildman–Crippen LogP) is 3.73. The molecule has 1 aromatic heterocycles. The van der Waals surface area contributed by atoms with Crippen LogP contribution in [0.1, 0.15) is 30.7 Å². The summed E-state index contributed by atoms with van der Waals surface area (Å²) in [6.07, 6.45) is -0.204. The number of nitriles is 1. The number of esters is 1. The van der Waals surface area contributed by atoms with E-state index in [9.17, 15) is 19.2 Å². The van der Waals surface area contributed by atoms with Gasteiger partial charge in [-0.3, -0.25) is 14.2 Å². The van der Waals surface area contributed by atoms with E-state index >= 15 is 0 Å². The number of aromatic nitrogens is 1. The second-order valence-corrected chi connectivity index (χ2v) is 7.42. The number of anilines is 1. The molecular formula is C20H22FN3O3S. The van der Waals surface area contributed by atoms with E-state index < -0.39 is 0 Å². The molecule has 0 fully saturated rings. The summed E-state index contributed by atoms with van der Waals surface area (Å²) in [5.41, 5.74) is 2.48. The minimum atomic E-state index is -0.383. The smallest absolute Gasteiger partial charge is 0.316 e. The molecule has 28 heavy (non-hydrogen) atoms. The van der Waals surface area contributed by atoms with Crippen molar-refractivity contribution in [3.8, 4) is 11.8 Å². The van der Waals surface area contributed by atoms with Gasteiger partial charge in [0.25, 0.3) is 0 Å². The van der Waals surface area contributed by atoms with E-state index in [0.29, 0.717) is 17.1 Å². The lowest BCUT2D eigenvalue weighted by Crippen LogP contribution is -2.19. The first-order chi connectivity index (χ1) is 13.2. The minimum Gasteiger partial charge on any atom is -0.462 e. The molecule has 0 atom stereocenters. The van der Waals surface area contributed by atoms with Crippen molar-refractivity contribution >= 4 is 29.5 Å². The maximum Gasteiger partial charge on any atom is 0.316 e. The van der Waals surface area contributed by atoms with Gasteiger partial charge in [0.2, 0.25) is 5.91 Å². The fraction of sp³-hybridized carbons (Fsp3) is 0.350. The Labute approximate surface area is 167 Å². The molecule has 1 heterocycles. The second-order valence-electron chi connectivity index (χ2n) is 6.44. The average molecular weight is 403 g/mol. The van der Waals surface area contributed by atoms with Crippen LogP contribution in [0, 0.1) is 31.0 Å². The number of amides is 1. The predicted molar refractivity (Wildman–Crippen MR) is 107 cm³/mol. The summed E-state index contributed by atoms with van der Waals surface area (Å²) in [6, 6.07) is 7.91. The topological polar surface area (TPSA) is 84.1 Å². The lowest BCUT2D eigenvalue weighted by atomic mass is 10.2. The van der Waals surface area contributed by atoms with Crippen molar-refractivity contribution < 1.29 is 18.7 Å². The Morgan fingerprint density at radius 1 is 1.25 bits per heavy atom. The van der Waals surface area contributed by atoms with Crippen molar-refractivity contribution in [2.24, 2.45) is 0 Å². The third kappa shape index (κ3) is 5.14. The Kier molecular flexibility index (Phi) is 7.24. The normalized spacial score (nSPS) is 10.6. The number of nitrogens with one attached hydrogen (secondary N) is 1. The number of halogens is 1. The van der Waals surface area contributed by atoms with Crippen molar-refractivity contribution in [1.82, 2.24) is 4.57 Å². The molecule has 2 rings (SSSR count). The van der Waals surface area contributed by atoms with Crippen LogP contribution in [0.4, 0.5) is 10.2 Å². The SMILES string of the molecule is Cc1c(C#N)c(NC(=O)CSCC(=O)OC(C)C)n(-c2ccc(F)cc2)c1C. The highest BCUT2D eigenvalue weighted by Crippen LogP contribution is 2.30. The fourth-order valence-corrected chi connectivity index (χ4v) is 3.26. The van der Waals surface area contributed by atoms with Gasteiger partial charge in [-0.25, -0.2) is 4.39 Å². The van der Waals surface area contributed by atoms with Crippen LogP contribution in [0.15, 0.2) is 24.3 Å². The van der Waals surface area contributed by atoms with Crippen LogP contribution in [0.5, 0.6) is 0 Å². The van der Waals surface area contributed by atoms with E-state index in [-0.39, 0.29) is 35.3 Å². The van der Waals surface area contributed by atoms with Gasteiger partial charge in [0, 0.05) is 11.4 Å². The summed E-state index contributed by atoms with van der Waals surface area (Å²) in [4.78, 5) is 23.9. The number of hydrogen-bond donors (Lipinski definition) is 1. The zero-order valence-corrected chi connectivity index (χ0v) is 17.0. The standard InChI is InChI=1S/C20H22FN3O3S/c1-12(2)27-19(26)11-28-10-18(25)23-20-17(9-22)13(3)14(4)24(20)16-7-5-15(21)6-8-16/h5-8,12H,10-11H2,1-4H3,(H,23,25). The van der Waals surface area contributed by atoms with Crippen molar-refractivity contribution in [2.45, 2.75) is 33.8 Å². The molecule has 148 valence electrons. The lowest BCUT2D eigenvalue weighted by Gasteiger charge is -2.13. The van der Waals surface area contributed by atoms with Crippen molar-refractivity contribution in [3.63, 3.8) is 0 Å². The molecule has 0 aliphatic carbocycles. The highest BCUT2D eigenvalue weighted by Gasteiger charge is 2.21. The summed E-state index contributed by atoms with van der Waals surface area (Å²) in [6.45, 7) is 7.13. The molecule has 0 saturated heterocycles. The van der Waals surface area contributed by atoms with E-state index in [1.807, 2.05) is 6.92 Å².